The number of anilines is 1. The highest BCUT2D eigenvalue weighted by Crippen LogP contribution is 2.25. The standard InChI is InChI=1S/C13H17N5O3/c1-9(2)17(7-3-6-14)13(19)10-4-5-11(16-15)12(8-10)18(20)21/h4-5,8-9,16H,3,7,15H2,1-2H3. The Bertz CT molecular complexity index is 580. The Hall–Kier alpha value is -2.66. The highest BCUT2D eigenvalue weighted by molar-refractivity contribution is 5.96. The van der Waals surface area contributed by atoms with Crippen molar-refractivity contribution in [3.63, 3.8) is 0 Å². The minimum absolute atomic E-state index is 0.114. The molecule has 0 saturated heterocycles. The van der Waals surface area contributed by atoms with Gasteiger partial charge in [0.2, 0.25) is 0 Å². The lowest BCUT2D eigenvalue weighted by Gasteiger charge is -2.25. The van der Waals surface area contributed by atoms with Gasteiger partial charge in [0.1, 0.15) is 5.69 Å². The number of carbonyl (C=O) groups is 1. The number of nitrogen functional groups attached to an aromatic ring is 1. The van der Waals surface area contributed by atoms with E-state index >= 15 is 0 Å². The van der Waals surface area contributed by atoms with E-state index in [0.717, 1.165) is 0 Å². The number of benzene rings is 1. The van der Waals surface area contributed by atoms with Crippen LogP contribution in [-0.4, -0.2) is 28.3 Å². The Morgan fingerprint density at radius 2 is 2.24 bits per heavy atom. The smallest absolute Gasteiger partial charge is 0.294 e. The Labute approximate surface area is 122 Å². The van der Waals surface area contributed by atoms with Crippen LogP contribution in [0, 0.1) is 21.4 Å². The van der Waals surface area contributed by atoms with Gasteiger partial charge in [-0.15, -0.1) is 0 Å². The number of hydrogen-bond donors (Lipinski definition) is 2. The number of rotatable bonds is 6. The van der Waals surface area contributed by atoms with E-state index in [1.807, 2.05) is 19.9 Å². The first-order valence-corrected chi connectivity index (χ1v) is 6.35. The van der Waals surface area contributed by atoms with Gasteiger partial charge in [-0.3, -0.25) is 20.8 Å². The average molecular weight is 291 g/mol. The molecule has 1 aromatic rings. The lowest BCUT2D eigenvalue weighted by atomic mass is 10.1. The third-order valence-corrected chi connectivity index (χ3v) is 2.95. The molecule has 8 nitrogen and oxygen atoms in total. The second-order valence-electron chi connectivity index (χ2n) is 4.63. The number of hydrazine groups is 1. The number of nitrogens with two attached hydrogens (primary N) is 1. The number of nitrogens with zero attached hydrogens (tertiary/aromatic N) is 3. The Morgan fingerprint density at radius 3 is 2.71 bits per heavy atom. The van der Waals surface area contributed by atoms with Crippen LogP contribution in [0.25, 0.3) is 0 Å². The molecule has 0 atom stereocenters. The number of nitro groups is 1. The van der Waals surface area contributed by atoms with Crippen LogP contribution in [0.1, 0.15) is 30.6 Å². The molecule has 8 heteroatoms. The number of nitrogens with one attached hydrogen (secondary N) is 1. The minimum Gasteiger partial charge on any atom is -0.335 e. The Morgan fingerprint density at radius 1 is 1.57 bits per heavy atom. The summed E-state index contributed by atoms with van der Waals surface area (Å²) in [4.78, 5) is 24.3. The van der Waals surface area contributed by atoms with Gasteiger partial charge in [-0.05, 0) is 26.0 Å². The summed E-state index contributed by atoms with van der Waals surface area (Å²) in [6.45, 7) is 3.91. The maximum Gasteiger partial charge on any atom is 0.294 e. The molecule has 0 unspecified atom stereocenters. The second-order valence-corrected chi connectivity index (χ2v) is 4.63. The molecule has 0 bridgehead atoms. The molecule has 0 radical (unpaired) electrons. The van der Waals surface area contributed by atoms with Gasteiger partial charge in [0.05, 0.1) is 17.4 Å². The lowest BCUT2D eigenvalue weighted by Crippen LogP contribution is -2.37. The fourth-order valence-electron chi connectivity index (χ4n) is 1.87. The summed E-state index contributed by atoms with van der Waals surface area (Å²) in [6.07, 6.45) is 0.203. The van der Waals surface area contributed by atoms with Crippen LogP contribution in [0.4, 0.5) is 11.4 Å². The predicted octanol–water partition coefficient (Wildman–Crippen LogP) is 1.64. The number of amides is 1. The molecule has 1 aromatic carbocycles. The largest absolute Gasteiger partial charge is 0.335 e. The van der Waals surface area contributed by atoms with E-state index < -0.39 is 4.92 Å². The molecule has 112 valence electrons. The molecule has 0 aliphatic carbocycles. The van der Waals surface area contributed by atoms with Crippen molar-refractivity contribution in [2.75, 3.05) is 12.0 Å². The molecule has 3 N–H and O–H groups in total. The molecule has 0 spiro atoms. The summed E-state index contributed by atoms with van der Waals surface area (Å²) in [7, 11) is 0. The maximum atomic E-state index is 12.4. The van der Waals surface area contributed by atoms with Gasteiger partial charge in [-0.2, -0.15) is 5.26 Å². The third-order valence-electron chi connectivity index (χ3n) is 2.95. The van der Waals surface area contributed by atoms with E-state index in [-0.39, 0.29) is 41.9 Å². The van der Waals surface area contributed by atoms with Gasteiger partial charge < -0.3 is 10.3 Å². The molecule has 1 rings (SSSR count). The van der Waals surface area contributed by atoms with Crippen molar-refractivity contribution in [3.8, 4) is 6.07 Å². The molecule has 0 aliphatic rings. The molecule has 21 heavy (non-hydrogen) atoms. The van der Waals surface area contributed by atoms with Crippen molar-refractivity contribution in [2.24, 2.45) is 5.84 Å². The van der Waals surface area contributed by atoms with Gasteiger partial charge in [0.25, 0.3) is 11.6 Å². The normalized spacial score (nSPS) is 10.0. The van der Waals surface area contributed by atoms with Gasteiger partial charge in [0, 0.05) is 24.2 Å². The molecule has 1 amide bonds. The zero-order valence-corrected chi connectivity index (χ0v) is 11.9. The summed E-state index contributed by atoms with van der Waals surface area (Å²) < 4.78 is 0. The van der Waals surface area contributed by atoms with Gasteiger partial charge in [-0.1, -0.05) is 0 Å². The van der Waals surface area contributed by atoms with Crippen molar-refractivity contribution in [3.05, 3.63) is 33.9 Å². The van der Waals surface area contributed by atoms with Gasteiger partial charge in [-0.25, -0.2) is 0 Å². The molecule has 0 fully saturated rings. The summed E-state index contributed by atoms with van der Waals surface area (Å²) in [5.74, 6) is 4.85. The van der Waals surface area contributed by atoms with E-state index in [1.54, 1.807) is 0 Å². The Kier molecular flexibility index (Phi) is 5.63. The van der Waals surface area contributed by atoms with Crippen molar-refractivity contribution in [1.29, 1.82) is 5.26 Å². The number of nitriles is 1. The van der Waals surface area contributed by atoms with E-state index in [0.29, 0.717) is 0 Å². The fraction of sp³-hybridized carbons (Fsp3) is 0.385. The molecule has 0 saturated carbocycles. The molecule has 0 aromatic heterocycles. The van der Waals surface area contributed by atoms with Crippen molar-refractivity contribution in [2.45, 2.75) is 26.3 Å². The maximum absolute atomic E-state index is 12.4. The summed E-state index contributed by atoms with van der Waals surface area (Å²) in [5, 5.41) is 19.6. The number of carbonyl (C=O) groups excluding carboxylic acids is 1. The number of hydrogen-bond acceptors (Lipinski definition) is 6. The first-order valence-electron chi connectivity index (χ1n) is 6.35. The van der Waals surface area contributed by atoms with Crippen LogP contribution < -0.4 is 11.3 Å². The monoisotopic (exact) mass is 291 g/mol. The summed E-state index contributed by atoms with van der Waals surface area (Å²) in [5.41, 5.74) is 2.27. The van der Waals surface area contributed by atoms with E-state index in [4.69, 9.17) is 11.1 Å². The molecular weight excluding hydrogens is 274 g/mol. The summed E-state index contributed by atoms with van der Waals surface area (Å²) >= 11 is 0. The molecule has 0 heterocycles. The quantitative estimate of drug-likeness (QED) is 0.466. The summed E-state index contributed by atoms with van der Waals surface area (Å²) in [6, 6.07) is 5.89. The van der Waals surface area contributed by atoms with Crippen LogP contribution in [0.3, 0.4) is 0 Å². The molecule has 0 aliphatic heterocycles. The van der Waals surface area contributed by atoms with E-state index in [1.165, 1.54) is 23.1 Å². The topological polar surface area (TPSA) is 125 Å². The first kappa shape index (κ1) is 16.4. The van der Waals surface area contributed by atoms with Crippen LogP contribution in [-0.2, 0) is 0 Å². The average Bonchev–Trinajstić information content (AvgIpc) is 2.46. The highest BCUT2D eigenvalue weighted by atomic mass is 16.6. The highest BCUT2D eigenvalue weighted by Gasteiger charge is 2.22. The number of nitro benzene ring substituents is 1. The van der Waals surface area contributed by atoms with Crippen LogP contribution in [0.5, 0.6) is 0 Å². The van der Waals surface area contributed by atoms with Gasteiger partial charge in [0.15, 0.2) is 0 Å². The zero-order chi connectivity index (χ0) is 16.0. The van der Waals surface area contributed by atoms with Crippen molar-refractivity contribution in [1.82, 2.24) is 4.90 Å². The Balaban J connectivity index is 3.14. The molecular formula is C13H17N5O3. The SMILES string of the molecule is CC(C)N(CCC#N)C(=O)c1ccc(NN)c([N+](=O)[O-])c1. The van der Waals surface area contributed by atoms with Crippen molar-refractivity contribution >= 4 is 17.3 Å². The van der Waals surface area contributed by atoms with E-state index in [2.05, 4.69) is 5.43 Å². The van der Waals surface area contributed by atoms with Crippen LogP contribution >= 0.6 is 0 Å². The van der Waals surface area contributed by atoms with Crippen LogP contribution in [0.15, 0.2) is 18.2 Å². The predicted molar refractivity (Wildman–Crippen MR) is 77.3 cm³/mol. The van der Waals surface area contributed by atoms with Gasteiger partial charge >= 0.3 is 0 Å². The minimum atomic E-state index is -0.610. The lowest BCUT2D eigenvalue weighted by molar-refractivity contribution is -0.384. The third kappa shape index (κ3) is 3.90. The van der Waals surface area contributed by atoms with E-state index in [9.17, 15) is 14.9 Å². The zero-order valence-electron chi connectivity index (χ0n) is 11.9. The fourth-order valence-corrected chi connectivity index (χ4v) is 1.87. The second kappa shape index (κ2) is 7.21. The van der Waals surface area contributed by atoms with Crippen molar-refractivity contribution < 1.29 is 9.72 Å². The first-order chi connectivity index (χ1) is 9.92. The van der Waals surface area contributed by atoms with Crippen LogP contribution in [0.2, 0.25) is 0 Å².